The summed E-state index contributed by atoms with van der Waals surface area (Å²) in [6, 6.07) is 5.50. The summed E-state index contributed by atoms with van der Waals surface area (Å²) in [6.45, 7) is 4.31. The molecular weight excluding hydrogens is 362 g/mol. The minimum atomic E-state index is 0.370. The lowest BCUT2D eigenvalue weighted by atomic mass is 9.99. The first-order valence-corrected chi connectivity index (χ1v) is 9.94. The quantitative estimate of drug-likeness (QED) is 0.340. The number of hydrogen-bond donors (Lipinski definition) is 0. The third-order valence-electron chi connectivity index (χ3n) is 5.10. The minimum Gasteiger partial charge on any atom is -0.376 e. The molecule has 2 heterocycles. The Morgan fingerprint density at radius 3 is 3.03 bits per heavy atom. The topological polar surface area (TPSA) is 54.3 Å². The Hall–Kier alpha value is -2.97. The van der Waals surface area contributed by atoms with Crippen molar-refractivity contribution in [2.45, 2.75) is 19.8 Å². The number of likely N-dealkylation sites (N-methyl/N-ethyl adjacent to an activating group) is 1. The van der Waals surface area contributed by atoms with E-state index in [9.17, 15) is 4.79 Å². The van der Waals surface area contributed by atoms with Crippen LogP contribution in [0.4, 0.5) is 5.69 Å². The van der Waals surface area contributed by atoms with Gasteiger partial charge in [0.15, 0.2) is 6.29 Å². The van der Waals surface area contributed by atoms with E-state index < -0.39 is 0 Å². The molecule has 29 heavy (non-hydrogen) atoms. The number of benzene rings is 1. The van der Waals surface area contributed by atoms with E-state index >= 15 is 0 Å². The number of aliphatic imine (C=N–C) groups is 2. The number of aldehydes is 1. The third-order valence-corrected chi connectivity index (χ3v) is 5.10. The van der Waals surface area contributed by atoms with Crippen LogP contribution in [0.3, 0.4) is 0 Å². The van der Waals surface area contributed by atoms with Gasteiger partial charge in [-0.05, 0) is 42.2 Å². The highest BCUT2D eigenvalue weighted by atomic mass is 16.5. The van der Waals surface area contributed by atoms with Gasteiger partial charge in [-0.1, -0.05) is 25.0 Å². The van der Waals surface area contributed by atoms with Crippen molar-refractivity contribution in [3.8, 4) is 11.8 Å². The zero-order chi connectivity index (χ0) is 20.6. The third kappa shape index (κ3) is 5.30. The number of carbonyl (C=O) groups excluding carboxylic acids is 1. The molecule has 0 aromatic heterocycles. The SMILES string of the molecule is CC/C=C\C(C#Cc1ccc(C=O)c(N=C2CC3COCC3=CCN2C)c1)=NC. The van der Waals surface area contributed by atoms with Crippen molar-refractivity contribution in [2.24, 2.45) is 15.9 Å². The maximum Gasteiger partial charge on any atom is 0.152 e. The zero-order valence-electron chi connectivity index (χ0n) is 17.3. The number of rotatable bonds is 4. The predicted molar refractivity (Wildman–Crippen MR) is 118 cm³/mol. The molecule has 1 saturated heterocycles. The van der Waals surface area contributed by atoms with Gasteiger partial charge in [-0.25, -0.2) is 4.99 Å². The summed E-state index contributed by atoms with van der Waals surface area (Å²) in [6.07, 6.45) is 8.78. The van der Waals surface area contributed by atoms with Gasteiger partial charge in [-0.15, -0.1) is 0 Å². The maximum atomic E-state index is 11.6. The second kappa shape index (κ2) is 9.99. The molecule has 1 unspecified atom stereocenters. The second-order valence-electron chi connectivity index (χ2n) is 7.16. The maximum absolute atomic E-state index is 11.6. The van der Waals surface area contributed by atoms with Crippen LogP contribution in [-0.4, -0.2) is 56.6 Å². The minimum absolute atomic E-state index is 0.370. The summed E-state index contributed by atoms with van der Waals surface area (Å²) >= 11 is 0. The molecule has 5 nitrogen and oxygen atoms in total. The van der Waals surface area contributed by atoms with Crippen LogP contribution in [0.25, 0.3) is 0 Å². The number of hydrogen-bond acceptors (Lipinski definition) is 4. The zero-order valence-corrected chi connectivity index (χ0v) is 17.3. The molecule has 1 aromatic rings. The number of allylic oxidation sites excluding steroid dienone is 2. The van der Waals surface area contributed by atoms with Crippen molar-refractivity contribution in [1.82, 2.24) is 4.90 Å². The highest BCUT2D eigenvalue weighted by Gasteiger charge is 2.27. The first-order valence-electron chi connectivity index (χ1n) is 9.94. The Bertz CT molecular complexity index is 945. The Morgan fingerprint density at radius 1 is 1.41 bits per heavy atom. The lowest BCUT2D eigenvalue weighted by Crippen LogP contribution is -2.27. The number of nitrogens with zero attached hydrogens (tertiary/aromatic N) is 3. The van der Waals surface area contributed by atoms with Crippen molar-refractivity contribution >= 4 is 23.5 Å². The summed E-state index contributed by atoms with van der Waals surface area (Å²) in [4.78, 5) is 22.7. The van der Waals surface area contributed by atoms with Crippen LogP contribution in [0.2, 0.25) is 0 Å². The molecule has 0 radical (unpaired) electrons. The fourth-order valence-corrected chi connectivity index (χ4v) is 3.32. The van der Waals surface area contributed by atoms with Crippen LogP contribution >= 0.6 is 0 Å². The Labute approximate surface area is 172 Å². The highest BCUT2D eigenvalue weighted by Crippen LogP contribution is 2.28. The van der Waals surface area contributed by atoms with Crippen molar-refractivity contribution in [1.29, 1.82) is 0 Å². The molecular formula is C24H27N3O2. The van der Waals surface area contributed by atoms with E-state index in [1.807, 2.05) is 31.3 Å². The molecule has 0 bridgehead atoms. The molecule has 150 valence electrons. The lowest BCUT2D eigenvalue weighted by molar-refractivity contribution is 0.112. The summed E-state index contributed by atoms with van der Waals surface area (Å²) < 4.78 is 5.60. The van der Waals surface area contributed by atoms with Gasteiger partial charge in [0.1, 0.15) is 11.5 Å². The summed E-state index contributed by atoms with van der Waals surface area (Å²) in [5.74, 6) is 7.54. The van der Waals surface area contributed by atoms with E-state index in [4.69, 9.17) is 9.73 Å². The standard InChI is InChI=1S/C24H27N3O2/c1-4-5-6-22(25-2)10-8-18-7-9-19(15-28)23(13-18)26-24-14-21-17-29-16-20(21)11-12-27(24)3/h5-7,9,11,13,15,21H,4,12,14,16-17H2,1-3H3/b6-5-,25-22?,26-24?. The summed E-state index contributed by atoms with van der Waals surface area (Å²) in [7, 11) is 3.76. The largest absolute Gasteiger partial charge is 0.376 e. The average molecular weight is 389 g/mol. The van der Waals surface area contributed by atoms with Crippen LogP contribution in [-0.2, 0) is 4.74 Å². The van der Waals surface area contributed by atoms with Crippen LogP contribution in [0.1, 0.15) is 35.7 Å². The molecule has 0 spiro atoms. The molecule has 0 N–H and O–H groups in total. The van der Waals surface area contributed by atoms with E-state index in [1.165, 1.54) is 5.57 Å². The van der Waals surface area contributed by atoms with Gasteiger partial charge in [0.05, 0.1) is 18.9 Å². The van der Waals surface area contributed by atoms with Crippen molar-refractivity contribution in [3.05, 3.63) is 53.1 Å². The van der Waals surface area contributed by atoms with Crippen molar-refractivity contribution in [2.75, 3.05) is 33.9 Å². The van der Waals surface area contributed by atoms with Gasteiger partial charge >= 0.3 is 0 Å². The van der Waals surface area contributed by atoms with Gasteiger partial charge in [0, 0.05) is 44.1 Å². The first kappa shape index (κ1) is 20.8. The van der Waals surface area contributed by atoms with Crippen LogP contribution < -0.4 is 0 Å². The van der Waals surface area contributed by atoms with E-state index in [-0.39, 0.29) is 0 Å². The predicted octanol–water partition coefficient (Wildman–Crippen LogP) is 3.83. The van der Waals surface area contributed by atoms with Gasteiger partial charge in [-0.3, -0.25) is 9.79 Å². The number of amidine groups is 1. The Morgan fingerprint density at radius 2 is 2.28 bits per heavy atom. The number of fused-ring (bicyclic) bond motifs is 1. The molecule has 2 aliphatic heterocycles. The number of ether oxygens (including phenoxy) is 1. The van der Waals surface area contributed by atoms with Crippen LogP contribution in [0.15, 0.2) is 52.0 Å². The molecule has 2 aliphatic rings. The van der Waals surface area contributed by atoms with Gasteiger partial charge in [0.2, 0.25) is 0 Å². The molecule has 3 rings (SSSR count). The van der Waals surface area contributed by atoms with Crippen LogP contribution in [0.5, 0.6) is 0 Å². The van der Waals surface area contributed by atoms with Gasteiger partial charge < -0.3 is 9.64 Å². The average Bonchev–Trinajstić information content (AvgIpc) is 3.13. The normalized spacial score (nSPS) is 20.9. The molecule has 1 atom stereocenters. The first-order chi connectivity index (χ1) is 14.1. The van der Waals surface area contributed by atoms with Gasteiger partial charge in [-0.2, -0.15) is 0 Å². The van der Waals surface area contributed by atoms with Crippen molar-refractivity contribution < 1.29 is 9.53 Å². The monoisotopic (exact) mass is 389 g/mol. The summed E-state index contributed by atoms with van der Waals surface area (Å²) in [5, 5.41) is 0. The lowest BCUT2D eigenvalue weighted by Gasteiger charge is -2.19. The fraction of sp³-hybridized carbons (Fsp3) is 0.375. The van der Waals surface area contributed by atoms with Crippen molar-refractivity contribution in [3.63, 3.8) is 0 Å². The fourth-order valence-electron chi connectivity index (χ4n) is 3.32. The van der Waals surface area contributed by atoms with E-state index in [0.29, 0.717) is 23.8 Å². The molecule has 0 amide bonds. The van der Waals surface area contributed by atoms with E-state index in [1.54, 1.807) is 13.1 Å². The van der Waals surface area contributed by atoms with Crippen LogP contribution in [0, 0.1) is 17.8 Å². The molecule has 0 aliphatic carbocycles. The molecule has 1 fully saturated rings. The van der Waals surface area contributed by atoms with E-state index in [0.717, 1.165) is 49.4 Å². The highest BCUT2D eigenvalue weighted by molar-refractivity contribution is 6.09. The second-order valence-corrected chi connectivity index (χ2v) is 7.16. The Kier molecular flexibility index (Phi) is 7.15. The summed E-state index contributed by atoms with van der Waals surface area (Å²) in [5.41, 5.74) is 4.09. The molecule has 1 aromatic carbocycles. The smallest absolute Gasteiger partial charge is 0.152 e. The molecule has 0 saturated carbocycles. The number of carbonyl (C=O) groups is 1. The van der Waals surface area contributed by atoms with Gasteiger partial charge in [0.25, 0.3) is 0 Å². The van der Waals surface area contributed by atoms with E-state index in [2.05, 4.69) is 34.7 Å². The Balaban J connectivity index is 1.91. The molecule has 5 heteroatoms.